The van der Waals surface area contributed by atoms with Crippen LogP contribution in [0.4, 0.5) is 0 Å². The molecule has 8 heteroatoms. The van der Waals surface area contributed by atoms with Gasteiger partial charge in [0.25, 0.3) is 0 Å². The molecule has 0 radical (unpaired) electrons. The van der Waals surface area contributed by atoms with Gasteiger partial charge in [-0.1, -0.05) is 20.4 Å². The second kappa shape index (κ2) is 5.72. The second-order valence-electron chi connectivity index (χ2n) is 10.7. The molecule has 4 saturated carbocycles. The summed E-state index contributed by atoms with van der Waals surface area (Å²) in [6.07, 6.45) is -3.45. The number of ether oxygens (including phenoxy) is 2. The zero-order valence-electron chi connectivity index (χ0n) is 17.5. The van der Waals surface area contributed by atoms with Crippen LogP contribution in [-0.2, 0) is 19.1 Å². The lowest BCUT2D eigenvalue weighted by Crippen LogP contribution is -2.87. The minimum atomic E-state index is -2.37. The van der Waals surface area contributed by atoms with Crippen molar-refractivity contribution in [3.05, 3.63) is 12.2 Å². The number of fused-ring (bicyclic) bond motifs is 2. The van der Waals surface area contributed by atoms with E-state index in [2.05, 4.69) is 6.58 Å². The molecule has 2 heterocycles. The van der Waals surface area contributed by atoms with Gasteiger partial charge in [0.05, 0.1) is 18.8 Å². The summed E-state index contributed by atoms with van der Waals surface area (Å²) in [7, 11) is 0. The van der Waals surface area contributed by atoms with Gasteiger partial charge in [-0.15, -0.1) is 0 Å². The van der Waals surface area contributed by atoms with Crippen molar-refractivity contribution >= 4 is 11.8 Å². The Morgan fingerprint density at radius 3 is 2.50 bits per heavy atom. The minimum absolute atomic E-state index is 0.0901. The molecule has 2 spiro atoms. The maximum atomic E-state index is 13.6. The molecule has 6 aliphatic rings. The molecule has 8 nitrogen and oxygen atoms in total. The van der Waals surface area contributed by atoms with E-state index in [4.69, 9.17) is 9.47 Å². The van der Waals surface area contributed by atoms with Gasteiger partial charge in [-0.05, 0) is 30.3 Å². The lowest BCUT2D eigenvalue weighted by atomic mass is 9.35. The highest BCUT2D eigenvalue weighted by atomic mass is 16.6. The van der Waals surface area contributed by atoms with Crippen molar-refractivity contribution in [2.45, 2.75) is 70.2 Å². The molecule has 0 aromatic heterocycles. The molecule has 10 atom stereocenters. The van der Waals surface area contributed by atoms with Crippen molar-refractivity contribution in [1.29, 1.82) is 0 Å². The molecule has 0 aromatic rings. The average Bonchev–Trinajstić information content (AvgIpc) is 2.76. The van der Waals surface area contributed by atoms with Gasteiger partial charge in [-0.2, -0.15) is 0 Å². The number of hydrogen-bond acceptors (Lipinski definition) is 8. The summed E-state index contributed by atoms with van der Waals surface area (Å²) in [5.41, 5.74) is -3.45. The van der Waals surface area contributed by atoms with Crippen molar-refractivity contribution in [2.75, 3.05) is 6.61 Å². The fourth-order valence-corrected chi connectivity index (χ4v) is 8.27. The maximum absolute atomic E-state index is 13.6. The summed E-state index contributed by atoms with van der Waals surface area (Å²) in [4.78, 5) is 25.5. The zero-order chi connectivity index (χ0) is 22.0. The first-order chi connectivity index (χ1) is 13.9. The molecule has 6 rings (SSSR count). The Morgan fingerprint density at radius 2 is 1.87 bits per heavy atom. The van der Waals surface area contributed by atoms with Crippen LogP contribution in [0.3, 0.4) is 0 Å². The summed E-state index contributed by atoms with van der Waals surface area (Å²) in [6, 6.07) is 0. The monoisotopic (exact) mass is 422 g/mol. The van der Waals surface area contributed by atoms with E-state index in [-0.39, 0.29) is 18.6 Å². The lowest BCUT2D eigenvalue weighted by molar-refractivity contribution is -0.465. The van der Waals surface area contributed by atoms with Gasteiger partial charge in [-0.3, -0.25) is 9.59 Å². The maximum Gasteiger partial charge on any atom is 0.302 e. The molecule has 2 saturated heterocycles. The van der Waals surface area contributed by atoms with Crippen molar-refractivity contribution in [2.24, 2.45) is 34.0 Å². The topological polar surface area (TPSA) is 134 Å². The summed E-state index contributed by atoms with van der Waals surface area (Å²) in [5.74, 6) is -5.73. The van der Waals surface area contributed by atoms with E-state index in [0.29, 0.717) is 12.8 Å². The Morgan fingerprint density at radius 1 is 1.20 bits per heavy atom. The number of aliphatic hydroxyl groups excluding tert-OH is 3. The Hall–Kier alpha value is -1.32. The Labute approximate surface area is 174 Å². The van der Waals surface area contributed by atoms with E-state index in [0.717, 1.165) is 0 Å². The Balaban J connectivity index is 1.82. The predicted molar refractivity (Wildman–Crippen MR) is 102 cm³/mol. The first kappa shape index (κ1) is 20.6. The van der Waals surface area contributed by atoms with Crippen molar-refractivity contribution < 1.29 is 39.5 Å². The Bertz CT molecular complexity index is 852. The third kappa shape index (κ3) is 1.88. The highest BCUT2D eigenvalue weighted by molar-refractivity contribution is 6.05. The van der Waals surface area contributed by atoms with Crippen LogP contribution in [0.5, 0.6) is 0 Å². The highest BCUT2D eigenvalue weighted by Gasteiger charge is 2.88. The Kier molecular flexibility index (Phi) is 3.92. The zero-order valence-corrected chi connectivity index (χ0v) is 17.5. The number of aliphatic hydroxyl groups is 4. The number of carbonyl (C=O) groups is 2. The van der Waals surface area contributed by atoms with Gasteiger partial charge in [-0.25, -0.2) is 0 Å². The number of esters is 1. The molecule has 166 valence electrons. The van der Waals surface area contributed by atoms with Crippen LogP contribution in [0.1, 0.15) is 40.0 Å². The number of carbonyl (C=O) groups excluding carboxylic acids is 2. The molecule has 0 aromatic carbocycles. The number of ketones is 1. The smallest absolute Gasteiger partial charge is 0.302 e. The molecular formula is C22H30O8. The van der Waals surface area contributed by atoms with Crippen LogP contribution in [0.2, 0.25) is 0 Å². The third-order valence-electron chi connectivity index (χ3n) is 9.14. The normalized spacial score (nSPS) is 55.8. The van der Waals surface area contributed by atoms with E-state index in [1.165, 1.54) is 6.92 Å². The molecule has 4 aliphatic carbocycles. The average molecular weight is 422 g/mol. The molecule has 0 amide bonds. The van der Waals surface area contributed by atoms with Gasteiger partial charge in [0.1, 0.15) is 17.6 Å². The summed E-state index contributed by atoms with van der Waals surface area (Å²) in [5, 5.41) is 45.9. The van der Waals surface area contributed by atoms with Crippen LogP contribution in [0, 0.1) is 34.0 Å². The number of Topliss-reactive ketones (excluding diaryl/α,β-unsaturated/α-hetero) is 1. The number of rotatable bonds is 1. The molecular weight excluding hydrogens is 392 g/mol. The van der Waals surface area contributed by atoms with E-state index in [1.54, 1.807) is 0 Å². The van der Waals surface area contributed by atoms with Gasteiger partial charge in [0.15, 0.2) is 5.78 Å². The number of hydrogen-bond donors (Lipinski definition) is 4. The molecule has 6 fully saturated rings. The van der Waals surface area contributed by atoms with Crippen molar-refractivity contribution in [1.82, 2.24) is 0 Å². The predicted octanol–water partition coefficient (Wildman–Crippen LogP) is -0.0828. The van der Waals surface area contributed by atoms with Crippen LogP contribution in [-0.4, -0.2) is 69.0 Å². The molecule has 30 heavy (non-hydrogen) atoms. The van der Waals surface area contributed by atoms with E-state index in [1.807, 2.05) is 13.8 Å². The SMILES string of the molecule is C=C1C(=O)[C@]23[C@H](O)[C@H]1C[C@@H](O)[C@H]2[C@@]12CO[C@]3(O)[C@@H](O)[C@@H]1C(C)(C)CC[C@@H]2OC(C)=O. The van der Waals surface area contributed by atoms with E-state index in [9.17, 15) is 30.0 Å². The lowest BCUT2D eigenvalue weighted by Gasteiger charge is -2.75. The summed E-state index contributed by atoms with van der Waals surface area (Å²) < 4.78 is 11.6. The highest BCUT2D eigenvalue weighted by Crippen LogP contribution is 2.76. The van der Waals surface area contributed by atoms with Crippen LogP contribution in [0.15, 0.2) is 12.2 Å². The molecule has 2 aliphatic heterocycles. The standard InChI is InChI=1S/C22H30O8/c1-9-11-7-12(24)14-20-8-29-22(28,21(14,16(9)25)17(11)26)18(27)15(20)19(3,4)6-5-13(20)30-10(2)23/h11-15,17-18,24,26-28H,1,5-8H2,2-4H3/t11-,12+,13-,14-,15+,17+,18-,20-,21-,22+/m0/s1. The fourth-order valence-electron chi connectivity index (χ4n) is 8.27. The van der Waals surface area contributed by atoms with Crippen molar-refractivity contribution in [3.63, 3.8) is 0 Å². The van der Waals surface area contributed by atoms with Gasteiger partial charge in [0.2, 0.25) is 5.79 Å². The summed E-state index contributed by atoms with van der Waals surface area (Å²) in [6.45, 7) is 8.97. The van der Waals surface area contributed by atoms with Gasteiger partial charge in [0, 0.05) is 30.1 Å². The molecule has 0 unspecified atom stereocenters. The first-order valence-corrected chi connectivity index (χ1v) is 10.7. The molecule has 4 bridgehead atoms. The van der Waals surface area contributed by atoms with E-state index >= 15 is 0 Å². The van der Waals surface area contributed by atoms with Crippen LogP contribution < -0.4 is 0 Å². The summed E-state index contributed by atoms with van der Waals surface area (Å²) >= 11 is 0. The van der Waals surface area contributed by atoms with Crippen LogP contribution >= 0.6 is 0 Å². The molecule has 4 N–H and O–H groups in total. The third-order valence-corrected chi connectivity index (χ3v) is 9.14. The largest absolute Gasteiger partial charge is 0.462 e. The van der Waals surface area contributed by atoms with Crippen molar-refractivity contribution in [3.8, 4) is 0 Å². The first-order valence-electron chi connectivity index (χ1n) is 10.7. The van der Waals surface area contributed by atoms with Gasteiger partial charge >= 0.3 is 5.97 Å². The fraction of sp³-hybridized carbons (Fsp3) is 0.818. The quantitative estimate of drug-likeness (QED) is 0.341. The van der Waals surface area contributed by atoms with Crippen LogP contribution in [0.25, 0.3) is 0 Å². The van der Waals surface area contributed by atoms with Gasteiger partial charge < -0.3 is 29.9 Å². The second-order valence-corrected chi connectivity index (χ2v) is 10.7. The van der Waals surface area contributed by atoms with E-state index < -0.39 is 76.0 Å². The minimum Gasteiger partial charge on any atom is -0.462 e.